The first-order valence-corrected chi connectivity index (χ1v) is 8.48. The van der Waals surface area contributed by atoms with E-state index in [1.165, 1.54) is 12.8 Å². The van der Waals surface area contributed by atoms with Crippen LogP contribution >= 0.6 is 11.3 Å². The lowest BCUT2D eigenvalue weighted by Gasteiger charge is -2.14. The Balaban J connectivity index is 2.29. The van der Waals surface area contributed by atoms with E-state index in [0.29, 0.717) is 0 Å². The van der Waals surface area contributed by atoms with E-state index < -0.39 is 0 Å². The van der Waals surface area contributed by atoms with Gasteiger partial charge in [-0.05, 0) is 25.5 Å². The number of rotatable bonds is 8. The number of nitrogens with zero attached hydrogens (tertiary/aromatic N) is 1. The van der Waals surface area contributed by atoms with E-state index in [2.05, 4.69) is 23.3 Å². The van der Waals surface area contributed by atoms with Gasteiger partial charge in [-0.2, -0.15) is 0 Å². The molecule has 0 aliphatic carbocycles. The van der Waals surface area contributed by atoms with Crippen molar-refractivity contribution in [1.29, 1.82) is 0 Å². The number of nitrogens with one attached hydrogen (secondary N) is 1. The van der Waals surface area contributed by atoms with Gasteiger partial charge in [-0.15, -0.1) is 0 Å². The molecule has 1 N–H and O–H groups in total. The van der Waals surface area contributed by atoms with Gasteiger partial charge in [-0.25, -0.2) is 4.98 Å². The molecule has 1 heterocycles. The number of thiazole rings is 1. The molecule has 0 spiro atoms. The van der Waals surface area contributed by atoms with Gasteiger partial charge in [0.15, 0.2) is 16.6 Å². The van der Waals surface area contributed by atoms with E-state index in [4.69, 9.17) is 9.47 Å². The van der Waals surface area contributed by atoms with Crippen molar-refractivity contribution < 1.29 is 9.47 Å². The van der Waals surface area contributed by atoms with Gasteiger partial charge in [0, 0.05) is 12.6 Å². The summed E-state index contributed by atoms with van der Waals surface area (Å²) in [5.74, 6) is 1.59. The highest BCUT2D eigenvalue weighted by molar-refractivity contribution is 7.19. The summed E-state index contributed by atoms with van der Waals surface area (Å²) in [7, 11) is 3.57. The maximum Gasteiger partial charge on any atom is 0.183 e. The molecule has 4 nitrogen and oxygen atoms in total. The number of hydrogen-bond acceptors (Lipinski definition) is 5. The van der Waals surface area contributed by atoms with Gasteiger partial charge in [0.1, 0.15) is 0 Å². The van der Waals surface area contributed by atoms with Crippen LogP contribution in [0.25, 0.3) is 10.4 Å². The molecule has 0 amide bonds. The molecule has 0 unspecified atom stereocenters. The first kappa shape index (κ1) is 16.6. The fraction of sp³-hybridized carbons (Fsp3) is 0.471. The van der Waals surface area contributed by atoms with Crippen LogP contribution in [0.15, 0.2) is 18.2 Å². The van der Waals surface area contributed by atoms with Crippen LogP contribution in [0.4, 0.5) is 5.13 Å². The lowest BCUT2D eigenvalue weighted by molar-refractivity contribution is 0.286. The van der Waals surface area contributed by atoms with Gasteiger partial charge in [0.2, 0.25) is 0 Å². The van der Waals surface area contributed by atoms with Crippen molar-refractivity contribution in [2.24, 2.45) is 0 Å². The highest BCUT2D eigenvalue weighted by atomic mass is 32.1. The van der Waals surface area contributed by atoms with Crippen molar-refractivity contribution in [1.82, 2.24) is 4.98 Å². The van der Waals surface area contributed by atoms with Gasteiger partial charge in [-0.3, -0.25) is 0 Å². The zero-order valence-corrected chi connectivity index (χ0v) is 14.5. The Morgan fingerprint density at radius 1 is 1.27 bits per heavy atom. The number of unbranched alkanes of at least 4 members (excludes halogenated alkanes) is 2. The summed E-state index contributed by atoms with van der Waals surface area (Å²) in [6.45, 7) is 4.92. The maximum absolute atomic E-state index is 5.91. The second-order valence-corrected chi connectivity index (χ2v) is 6.08. The monoisotopic (exact) mass is 320 g/mol. The SMILES string of the molecule is CCCCCOc1cccc(-c2sc(NC)nc2C)c1OC. The summed E-state index contributed by atoms with van der Waals surface area (Å²) in [6.07, 6.45) is 3.43. The fourth-order valence-electron chi connectivity index (χ4n) is 2.31. The van der Waals surface area contributed by atoms with Gasteiger partial charge < -0.3 is 14.8 Å². The molecule has 0 saturated carbocycles. The molecule has 1 aromatic carbocycles. The Kier molecular flexibility index (Phi) is 6.07. The van der Waals surface area contributed by atoms with E-state index in [-0.39, 0.29) is 0 Å². The van der Waals surface area contributed by atoms with E-state index >= 15 is 0 Å². The lowest BCUT2D eigenvalue weighted by Crippen LogP contribution is -2.00. The number of methoxy groups -OCH3 is 1. The second kappa shape index (κ2) is 8.03. The van der Waals surface area contributed by atoms with E-state index in [9.17, 15) is 0 Å². The second-order valence-electron chi connectivity index (χ2n) is 5.08. The van der Waals surface area contributed by atoms with Gasteiger partial charge in [0.05, 0.1) is 24.3 Å². The molecule has 22 heavy (non-hydrogen) atoms. The van der Waals surface area contributed by atoms with Crippen molar-refractivity contribution >= 4 is 16.5 Å². The molecule has 2 rings (SSSR count). The first-order valence-electron chi connectivity index (χ1n) is 7.66. The number of ether oxygens (including phenoxy) is 2. The average Bonchev–Trinajstić information content (AvgIpc) is 2.92. The van der Waals surface area contributed by atoms with Crippen molar-refractivity contribution in [3.63, 3.8) is 0 Å². The zero-order chi connectivity index (χ0) is 15.9. The molecular weight excluding hydrogens is 296 g/mol. The van der Waals surface area contributed by atoms with Gasteiger partial charge in [0.25, 0.3) is 0 Å². The number of para-hydroxylation sites is 1. The quantitative estimate of drug-likeness (QED) is 0.714. The predicted octanol–water partition coefficient (Wildman–Crippen LogP) is 4.74. The summed E-state index contributed by atoms with van der Waals surface area (Å²) < 4.78 is 11.5. The lowest BCUT2D eigenvalue weighted by atomic mass is 10.1. The Bertz CT molecular complexity index is 611. The largest absolute Gasteiger partial charge is 0.492 e. The van der Waals surface area contributed by atoms with Crippen molar-refractivity contribution in [2.45, 2.75) is 33.1 Å². The molecule has 2 aromatic rings. The molecule has 0 aliphatic heterocycles. The van der Waals surface area contributed by atoms with Crippen LogP contribution in [0.2, 0.25) is 0 Å². The summed E-state index contributed by atoms with van der Waals surface area (Å²) >= 11 is 1.63. The minimum Gasteiger partial charge on any atom is -0.492 e. The van der Waals surface area contributed by atoms with Crippen LogP contribution in [-0.2, 0) is 0 Å². The van der Waals surface area contributed by atoms with Crippen LogP contribution < -0.4 is 14.8 Å². The number of benzene rings is 1. The Labute approximate surface area is 136 Å². The summed E-state index contributed by atoms with van der Waals surface area (Å²) in [4.78, 5) is 5.62. The average molecular weight is 320 g/mol. The molecule has 1 aromatic heterocycles. The number of aryl methyl sites for hydroxylation is 1. The van der Waals surface area contributed by atoms with E-state index in [1.807, 2.05) is 26.1 Å². The summed E-state index contributed by atoms with van der Waals surface area (Å²) in [6, 6.07) is 6.02. The van der Waals surface area contributed by atoms with Crippen LogP contribution in [-0.4, -0.2) is 25.7 Å². The molecule has 5 heteroatoms. The van der Waals surface area contributed by atoms with E-state index in [1.54, 1.807) is 18.4 Å². The fourth-order valence-corrected chi connectivity index (χ4v) is 3.25. The smallest absolute Gasteiger partial charge is 0.183 e. The van der Waals surface area contributed by atoms with E-state index in [0.717, 1.165) is 45.8 Å². The van der Waals surface area contributed by atoms with Crippen LogP contribution in [0.3, 0.4) is 0 Å². The topological polar surface area (TPSA) is 43.4 Å². The van der Waals surface area contributed by atoms with Crippen LogP contribution in [0.1, 0.15) is 31.9 Å². The Morgan fingerprint density at radius 2 is 2.09 bits per heavy atom. The third kappa shape index (κ3) is 3.71. The highest BCUT2D eigenvalue weighted by Crippen LogP contribution is 2.42. The zero-order valence-electron chi connectivity index (χ0n) is 13.7. The van der Waals surface area contributed by atoms with Gasteiger partial charge in [-0.1, -0.05) is 37.2 Å². The van der Waals surface area contributed by atoms with Crippen molar-refractivity contribution in [3.05, 3.63) is 23.9 Å². The third-order valence-corrected chi connectivity index (χ3v) is 4.65. The molecule has 0 bridgehead atoms. The molecule has 0 atom stereocenters. The first-order chi connectivity index (χ1) is 10.7. The summed E-state index contributed by atoms with van der Waals surface area (Å²) in [5, 5.41) is 4.00. The maximum atomic E-state index is 5.91. The van der Waals surface area contributed by atoms with Crippen molar-refractivity contribution in [3.8, 4) is 21.9 Å². The summed E-state index contributed by atoms with van der Waals surface area (Å²) in [5.41, 5.74) is 2.03. The molecular formula is C17H24N2O2S. The highest BCUT2D eigenvalue weighted by Gasteiger charge is 2.17. The molecule has 0 fully saturated rings. The molecule has 120 valence electrons. The minimum absolute atomic E-state index is 0.719. The third-order valence-electron chi connectivity index (χ3n) is 3.44. The normalized spacial score (nSPS) is 10.5. The predicted molar refractivity (Wildman–Crippen MR) is 93.4 cm³/mol. The molecule has 0 radical (unpaired) electrons. The van der Waals surface area contributed by atoms with Crippen LogP contribution in [0, 0.1) is 6.92 Å². The standard InChI is InChI=1S/C17H24N2O2S/c1-5-6-7-11-21-14-10-8-9-13(15(14)20-4)16-12(2)19-17(18-3)22-16/h8-10H,5-7,11H2,1-4H3,(H,18,19). The number of anilines is 1. The number of hydrogen-bond donors (Lipinski definition) is 1. The minimum atomic E-state index is 0.719. The number of aromatic nitrogens is 1. The van der Waals surface area contributed by atoms with Crippen molar-refractivity contribution in [2.75, 3.05) is 26.1 Å². The molecule has 0 saturated heterocycles. The van der Waals surface area contributed by atoms with Gasteiger partial charge >= 0.3 is 0 Å². The molecule has 0 aliphatic rings. The Morgan fingerprint density at radius 3 is 2.73 bits per heavy atom. The van der Waals surface area contributed by atoms with Crippen LogP contribution in [0.5, 0.6) is 11.5 Å². The Hall–Kier alpha value is -1.75.